The summed E-state index contributed by atoms with van der Waals surface area (Å²) in [6, 6.07) is 3.84. The lowest BCUT2D eigenvalue weighted by Gasteiger charge is -2.43. The van der Waals surface area contributed by atoms with E-state index in [4.69, 9.17) is 14.2 Å². The van der Waals surface area contributed by atoms with Crippen LogP contribution in [0, 0.1) is 0 Å². The average molecular weight is 258 g/mol. The second-order valence-electron chi connectivity index (χ2n) is 4.21. The molecule has 1 aromatic rings. The molecule has 0 saturated carbocycles. The molecule has 5 atom stereocenters. The first-order valence-corrected chi connectivity index (χ1v) is 6.42. The van der Waals surface area contributed by atoms with Crippen LogP contribution < -0.4 is 0 Å². The molecular weight excluding hydrogens is 244 g/mol. The third-order valence-electron chi connectivity index (χ3n) is 3.05. The number of thiophene rings is 1. The van der Waals surface area contributed by atoms with Gasteiger partial charge in [-0.25, -0.2) is 0 Å². The number of hydrogen-bond donors (Lipinski definition) is 2. The highest BCUT2D eigenvalue weighted by Crippen LogP contribution is 2.33. The van der Waals surface area contributed by atoms with E-state index in [1.54, 1.807) is 0 Å². The largest absolute Gasteiger partial charge is 0.388 e. The second kappa shape index (κ2) is 4.64. The lowest BCUT2D eigenvalue weighted by molar-refractivity contribution is -0.313. The van der Waals surface area contributed by atoms with E-state index in [-0.39, 0.29) is 12.7 Å². The summed E-state index contributed by atoms with van der Waals surface area (Å²) in [6.07, 6.45) is -3.11. The van der Waals surface area contributed by atoms with Gasteiger partial charge in [-0.1, -0.05) is 6.07 Å². The molecule has 3 heterocycles. The Morgan fingerprint density at radius 3 is 2.88 bits per heavy atom. The first-order chi connectivity index (χ1) is 8.25. The van der Waals surface area contributed by atoms with Crippen molar-refractivity contribution in [1.82, 2.24) is 0 Å². The summed E-state index contributed by atoms with van der Waals surface area (Å²) in [6.45, 7) is 0.496. The Labute approximate surface area is 103 Å². The Kier molecular flexibility index (Phi) is 3.16. The van der Waals surface area contributed by atoms with Crippen molar-refractivity contribution in [1.29, 1.82) is 0 Å². The fourth-order valence-corrected chi connectivity index (χ4v) is 2.81. The van der Waals surface area contributed by atoms with Crippen molar-refractivity contribution < 1.29 is 24.4 Å². The number of rotatable bonds is 1. The molecule has 0 bridgehead atoms. The number of hydrogen-bond acceptors (Lipinski definition) is 6. The molecule has 0 amide bonds. The smallest absolute Gasteiger partial charge is 0.193 e. The van der Waals surface area contributed by atoms with Crippen molar-refractivity contribution in [2.75, 3.05) is 13.2 Å². The SMILES string of the molecule is O[C@H]1[C@@H]2OC(c3cccs3)OC[C@H]2OC[C@@H]1O. The van der Waals surface area contributed by atoms with Crippen LogP contribution in [0.25, 0.3) is 0 Å². The molecule has 2 aliphatic heterocycles. The summed E-state index contributed by atoms with van der Waals surface area (Å²) in [4.78, 5) is 0.954. The third-order valence-corrected chi connectivity index (χ3v) is 3.94. The number of ether oxygens (including phenoxy) is 3. The summed E-state index contributed by atoms with van der Waals surface area (Å²) < 4.78 is 16.6. The Bertz CT molecular complexity index is 366. The molecule has 0 aromatic carbocycles. The van der Waals surface area contributed by atoms with E-state index in [1.165, 1.54) is 11.3 Å². The molecule has 5 nitrogen and oxygen atoms in total. The highest BCUT2D eigenvalue weighted by atomic mass is 32.1. The van der Waals surface area contributed by atoms with Crippen LogP contribution in [0.15, 0.2) is 17.5 Å². The van der Waals surface area contributed by atoms with E-state index in [2.05, 4.69) is 0 Å². The van der Waals surface area contributed by atoms with Gasteiger partial charge in [0.25, 0.3) is 0 Å². The molecule has 6 heteroatoms. The fraction of sp³-hybridized carbons (Fsp3) is 0.636. The monoisotopic (exact) mass is 258 g/mol. The maximum atomic E-state index is 9.88. The van der Waals surface area contributed by atoms with E-state index in [1.807, 2.05) is 17.5 Å². The van der Waals surface area contributed by atoms with Crippen molar-refractivity contribution in [3.8, 4) is 0 Å². The summed E-state index contributed by atoms with van der Waals surface area (Å²) in [5.74, 6) is 0. The van der Waals surface area contributed by atoms with Gasteiger partial charge in [0.05, 0.1) is 18.1 Å². The summed E-state index contributed by atoms with van der Waals surface area (Å²) in [5, 5.41) is 21.4. The van der Waals surface area contributed by atoms with Crippen LogP contribution in [0.1, 0.15) is 11.2 Å². The van der Waals surface area contributed by atoms with E-state index in [0.717, 1.165) is 4.88 Å². The summed E-state index contributed by atoms with van der Waals surface area (Å²) in [7, 11) is 0. The molecule has 3 rings (SSSR count). The van der Waals surface area contributed by atoms with E-state index < -0.39 is 24.6 Å². The predicted octanol–water partition coefficient (Wildman–Crippen LogP) is 0.283. The highest BCUT2D eigenvalue weighted by molar-refractivity contribution is 7.10. The molecule has 17 heavy (non-hydrogen) atoms. The Morgan fingerprint density at radius 1 is 1.24 bits per heavy atom. The first-order valence-electron chi connectivity index (χ1n) is 5.54. The van der Waals surface area contributed by atoms with Gasteiger partial charge >= 0.3 is 0 Å². The van der Waals surface area contributed by atoms with Crippen molar-refractivity contribution in [2.45, 2.75) is 30.7 Å². The number of fused-ring (bicyclic) bond motifs is 1. The van der Waals surface area contributed by atoms with Crippen LogP contribution in [0.4, 0.5) is 0 Å². The van der Waals surface area contributed by atoms with Gasteiger partial charge in [-0.3, -0.25) is 0 Å². The minimum Gasteiger partial charge on any atom is -0.388 e. The summed E-state index contributed by atoms with van der Waals surface area (Å²) in [5.41, 5.74) is 0. The van der Waals surface area contributed by atoms with Crippen molar-refractivity contribution in [2.24, 2.45) is 0 Å². The van der Waals surface area contributed by atoms with Crippen LogP contribution in [0.2, 0.25) is 0 Å². The van der Waals surface area contributed by atoms with Crippen LogP contribution in [-0.4, -0.2) is 47.8 Å². The molecule has 0 spiro atoms. The predicted molar refractivity (Wildman–Crippen MR) is 59.6 cm³/mol. The third kappa shape index (κ3) is 2.12. The maximum absolute atomic E-state index is 9.88. The van der Waals surface area contributed by atoms with Crippen molar-refractivity contribution >= 4 is 11.3 Å². The van der Waals surface area contributed by atoms with Gasteiger partial charge in [-0.05, 0) is 11.4 Å². The zero-order valence-corrected chi connectivity index (χ0v) is 9.88. The Morgan fingerprint density at radius 2 is 2.12 bits per heavy atom. The van der Waals surface area contributed by atoms with Crippen LogP contribution in [0.5, 0.6) is 0 Å². The quantitative estimate of drug-likeness (QED) is 0.757. The number of aliphatic hydroxyl groups is 2. The minimum atomic E-state index is -0.917. The molecular formula is C11H14O5S. The van der Waals surface area contributed by atoms with Crippen LogP contribution >= 0.6 is 11.3 Å². The molecule has 1 unspecified atom stereocenters. The topological polar surface area (TPSA) is 68.2 Å². The molecule has 0 aliphatic carbocycles. The van der Waals surface area contributed by atoms with Crippen LogP contribution in [-0.2, 0) is 14.2 Å². The van der Waals surface area contributed by atoms with E-state index in [0.29, 0.717) is 6.61 Å². The lowest BCUT2D eigenvalue weighted by atomic mass is 9.99. The lowest BCUT2D eigenvalue weighted by Crippen LogP contribution is -2.58. The Hall–Kier alpha value is -0.500. The minimum absolute atomic E-state index is 0.124. The van der Waals surface area contributed by atoms with Gasteiger partial charge in [-0.2, -0.15) is 0 Å². The molecule has 2 fully saturated rings. The maximum Gasteiger partial charge on any atom is 0.193 e. The van der Waals surface area contributed by atoms with Gasteiger partial charge in [0.15, 0.2) is 6.29 Å². The Balaban J connectivity index is 1.74. The molecule has 94 valence electrons. The van der Waals surface area contributed by atoms with E-state index >= 15 is 0 Å². The van der Waals surface area contributed by atoms with Crippen molar-refractivity contribution in [3.05, 3.63) is 22.4 Å². The van der Waals surface area contributed by atoms with Gasteiger partial charge in [0, 0.05) is 0 Å². The average Bonchev–Trinajstić information content (AvgIpc) is 2.87. The molecule has 2 saturated heterocycles. The highest BCUT2D eigenvalue weighted by Gasteiger charge is 2.44. The van der Waals surface area contributed by atoms with Gasteiger partial charge in [0.2, 0.25) is 0 Å². The van der Waals surface area contributed by atoms with Gasteiger partial charge in [0.1, 0.15) is 24.4 Å². The standard InChI is InChI=1S/C11H14O5S/c12-6-4-14-7-5-15-11(8-2-1-3-17-8)16-10(7)9(6)13/h1-3,6-7,9-13H,4-5H2/t6-,7+,9+,10+,11?/m0/s1. The summed E-state index contributed by atoms with van der Waals surface area (Å²) >= 11 is 1.54. The zero-order valence-electron chi connectivity index (χ0n) is 9.06. The molecule has 1 aromatic heterocycles. The van der Waals surface area contributed by atoms with Gasteiger partial charge < -0.3 is 24.4 Å². The molecule has 2 N–H and O–H groups in total. The second-order valence-corrected chi connectivity index (χ2v) is 5.19. The van der Waals surface area contributed by atoms with Crippen LogP contribution in [0.3, 0.4) is 0 Å². The normalized spacial score (nSPS) is 42.1. The molecule has 2 aliphatic rings. The van der Waals surface area contributed by atoms with Gasteiger partial charge in [-0.15, -0.1) is 11.3 Å². The zero-order chi connectivity index (χ0) is 11.8. The first kappa shape index (κ1) is 11.6. The number of aliphatic hydroxyl groups excluding tert-OH is 2. The van der Waals surface area contributed by atoms with E-state index in [9.17, 15) is 10.2 Å². The van der Waals surface area contributed by atoms with Crippen molar-refractivity contribution in [3.63, 3.8) is 0 Å². The fourth-order valence-electron chi connectivity index (χ4n) is 2.10. The molecule has 0 radical (unpaired) electrons.